The normalized spacial score (nSPS) is 12.0. The predicted molar refractivity (Wildman–Crippen MR) is 92.2 cm³/mol. The summed E-state index contributed by atoms with van der Waals surface area (Å²) in [6.45, 7) is 6.93. The van der Waals surface area contributed by atoms with Crippen molar-refractivity contribution in [3.63, 3.8) is 0 Å². The van der Waals surface area contributed by atoms with Gasteiger partial charge in [0.1, 0.15) is 0 Å². The lowest BCUT2D eigenvalue weighted by molar-refractivity contribution is 0.219. The summed E-state index contributed by atoms with van der Waals surface area (Å²) in [7, 11) is -2.80. The number of unbranched alkanes of at least 4 members (excludes halogenated alkanes) is 10. The van der Waals surface area contributed by atoms with Crippen molar-refractivity contribution in [2.75, 3.05) is 19.4 Å². The van der Waals surface area contributed by atoms with Gasteiger partial charge in [-0.15, -0.1) is 0 Å². The minimum Gasteiger partial charge on any atom is -0.309 e. The van der Waals surface area contributed by atoms with Crippen LogP contribution in [0.4, 0.5) is 0 Å². The van der Waals surface area contributed by atoms with Gasteiger partial charge in [0.25, 0.3) is 0 Å². The lowest BCUT2D eigenvalue weighted by atomic mass is 10.1. The molecule has 0 aromatic rings. The highest BCUT2D eigenvalue weighted by molar-refractivity contribution is 7.53. The molecule has 0 radical (unpaired) electrons. The first-order valence-electron chi connectivity index (χ1n) is 9.06. The lowest BCUT2D eigenvalue weighted by Crippen LogP contribution is -2.00. The van der Waals surface area contributed by atoms with Gasteiger partial charge in [0.15, 0.2) is 0 Å². The van der Waals surface area contributed by atoms with Crippen LogP contribution in [0.5, 0.6) is 0 Å². The van der Waals surface area contributed by atoms with Gasteiger partial charge < -0.3 is 9.05 Å². The third kappa shape index (κ3) is 13.5. The molecule has 0 atom stereocenters. The zero-order valence-corrected chi connectivity index (χ0v) is 15.5. The third-order valence-corrected chi connectivity index (χ3v) is 5.85. The minimum atomic E-state index is -2.80. The first-order valence-corrected chi connectivity index (χ1v) is 10.8. The molecule has 0 amide bonds. The number of rotatable bonds is 16. The van der Waals surface area contributed by atoms with Crippen molar-refractivity contribution in [3.05, 3.63) is 0 Å². The first-order chi connectivity index (χ1) is 10.2. The van der Waals surface area contributed by atoms with Crippen LogP contribution in [0.2, 0.25) is 0 Å². The summed E-state index contributed by atoms with van der Waals surface area (Å²) in [5.41, 5.74) is 0. The molecule has 0 rings (SSSR count). The Kier molecular flexibility index (Phi) is 15.2. The maximum absolute atomic E-state index is 12.2. The number of hydrogen-bond donors (Lipinski definition) is 0. The highest BCUT2D eigenvalue weighted by atomic mass is 31.2. The summed E-state index contributed by atoms with van der Waals surface area (Å²) in [5, 5.41) is 0. The Balaban J connectivity index is 3.40. The van der Waals surface area contributed by atoms with Gasteiger partial charge in [-0.3, -0.25) is 4.57 Å². The summed E-state index contributed by atoms with van der Waals surface area (Å²) in [6.07, 6.45) is 14.9. The molecule has 0 unspecified atom stereocenters. The average molecular weight is 320 g/mol. The van der Waals surface area contributed by atoms with Gasteiger partial charge in [-0.2, -0.15) is 0 Å². The molecular formula is C17H37O3P. The summed E-state index contributed by atoms with van der Waals surface area (Å²) in [4.78, 5) is 0. The van der Waals surface area contributed by atoms with Gasteiger partial charge in [-0.25, -0.2) is 0 Å². The Labute approximate surface area is 132 Å². The molecule has 0 heterocycles. The van der Waals surface area contributed by atoms with Crippen molar-refractivity contribution in [3.8, 4) is 0 Å². The van der Waals surface area contributed by atoms with Gasteiger partial charge in [-0.1, -0.05) is 71.1 Å². The summed E-state index contributed by atoms with van der Waals surface area (Å²) in [5.74, 6) is 0. The summed E-state index contributed by atoms with van der Waals surface area (Å²) < 4.78 is 22.8. The van der Waals surface area contributed by atoms with Crippen LogP contribution in [0, 0.1) is 0 Å². The van der Waals surface area contributed by atoms with Crippen LogP contribution in [0.15, 0.2) is 0 Å². The van der Waals surface area contributed by atoms with Crippen molar-refractivity contribution < 1.29 is 13.6 Å². The Morgan fingerprint density at radius 3 is 1.38 bits per heavy atom. The fourth-order valence-corrected chi connectivity index (χ4v) is 4.26. The maximum Gasteiger partial charge on any atom is 0.330 e. The molecule has 128 valence electrons. The third-order valence-electron chi connectivity index (χ3n) is 3.69. The first kappa shape index (κ1) is 21.1. The van der Waals surface area contributed by atoms with Crippen LogP contribution in [-0.4, -0.2) is 19.4 Å². The molecule has 0 aliphatic rings. The van der Waals surface area contributed by atoms with Gasteiger partial charge in [0, 0.05) is 0 Å². The Morgan fingerprint density at radius 2 is 1.00 bits per heavy atom. The highest BCUT2D eigenvalue weighted by Gasteiger charge is 2.22. The van der Waals surface area contributed by atoms with E-state index in [4.69, 9.17) is 9.05 Å². The van der Waals surface area contributed by atoms with Gasteiger partial charge in [-0.05, 0) is 20.3 Å². The molecule has 0 aromatic heterocycles. The molecule has 21 heavy (non-hydrogen) atoms. The second kappa shape index (κ2) is 15.1. The monoisotopic (exact) mass is 320 g/mol. The minimum absolute atomic E-state index is 0.468. The molecule has 0 aliphatic heterocycles. The standard InChI is InChI=1S/C17H37O3P/c1-4-7-8-9-10-11-12-13-14-15-16-17-21(18,19-5-2)20-6-3/h4-17H2,1-3H3. The molecule has 0 fully saturated rings. The topological polar surface area (TPSA) is 35.5 Å². The van der Waals surface area contributed by atoms with Crippen LogP contribution in [0.3, 0.4) is 0 Å². The maximum atomic E-state index is 12.2. The van der Waals surface area contributed by atoms with Gasteiger partial charge in [0.2, 0.25) is 0 Å². The van der Waals surface area contributed by atoms with Crippen LogP contribution < -0.4 is 0 Å². The molecule has 3 nitrogen and oxygen atoms in total. The van der Waals surface area contributed by atoms with E-state index in [2.05, 4.69) is 6.92 Å². The second-order valence-corrected chi connectivity index (χ2v) is 7.89. The zero-order chi connectivity index (χ0) is 15.8. The van der Waals surface area contributed by atoms with Crippen molar-refractivity contribution in [1.82, 2.24) is 0 Å². The van der Waals surface area contributed by atoms with E-state index in [-0.39, 0.29) is 0 Å². The van der Waals surface area contributed by atoms with Crippen LogP contribution >= 0.6 is 7.60 Å². The van der Waals surface area contributed by atoms with E-state index in [9.17, 15) is 4.57 Å². The van der Waals surface area contributed by atoms with Gasteiger partial charge >= 0.3 is 7.60 Å². The van der Waals surface area contributed by atoms with E-state index in [1.807, 2.05) is 13.8 Å². The van der Waals surface area contributed by atoms with Crippen molar-refractivity contribution in [1.29, 1.82) is 0 Å². The van der Waals surface area contributed by atoms with Crippen molar-refractivity contribution in [2.24, 2.45) is 0 Å². The fraction of sp³-hybridized carbons (Fsp3) is 1.00. The molecule has 0 N–H and O–H groups in total. The van der Waals surface area contributed by atoms with Crippen LogP contribution in [-0.2, 0) is 13.6 Å². The van der Waals surface area contributed by atoms with E-state index in [0.717, 1.165) is 12.8 Å². The summed E-state index contributed by atoms with van der Waals surface area (Å²) >= 11 is 0. The molecule has 0 bridgehead atoms. The fourth-order valence-electron chi connectivity index (χ4n) is 2.53. The van der Waals surface area contributed by atoms with E-state index in [1.54, 1.807) is 0 Å². The molecule has 4 heteroatoms. The smallest absolute Gasteiger partial charge is 0.309 e. The molecule has 0 aliphatic carbocycles. The van der Waals surface area contributed by atoms with Crippen molar-refractivity contribution in [2.45, 2.75) is 91.4 Å². The largest absolute Gasteiger partial charge is 0.330 e. The molecule has 0 saturated heterocycles. The highest BCUT2D eigenvalue weighted by Crippen LogP contribution is 2.48. The zero-order valence-electron chi connectivity index (χ0n) is 14.6. The average Bonchev–Trinajstić information content (AvgIpc) is 2.45. The quantitative estimate of drug-likeness (QED) is 0.238. The van der Waals surface area contributed by atoms with E-state index >= 15 is 0 Å². The van der Waals surface area contributed by atoms with Crippen molar-refractivity contribution >= 4 is 7.60 Å². The van der Waals surface area contributed by atoms with Crippen LogP contribution in [0.1, 0.15) is 91.4 Å². The Bertz CT molecular complexity index is 246. The molecule has 0 saturated carbocycles. The van der Waals surface area contributed by atoms with E-state index < -0.39 is 7.60 Å². The van der Waals surface area contributed by atoms with E-state index in [0.29, 0.717) is 19.4 Å². The van der Waals surface area contributed by atoms with Crippen LogP contribution in [0.25, 0.3) is 0 Å². The molecule has 0 aromatic carbocycles. The Morgan fingerprint density at radius 1 is 0.619 bits per heavy atom. The lowest BCUT2D eigenvalue weighted by Gasteiger charge is -2.16. The Hall–Kier alpha value is 0.150. The van der Waals surface area contributed by atoms with E-state index in [1.165, 1.54) is 57.8 Å². The molecular weight excluding hydrogens is 283 g/mol. The van der Waals surface area contributed by atoms with Gasteiger partial charge in [0.05, 0.1) is 19.4 Å². The predicted octanol–water partition coefficient (Wildman–Crippen LogP) is 6.56. The number of hydrogen-bond acceptors (Lipinski definition) is 3. The second-order valence-electron chi connectivity index (χ2n) is 5.71. The SMILES string of the molecule is CCCCCCCCCCCCCP(=O)(OCC)OCC. The molecule has 0 spiro atoms. The summed E-state index contributed by atoms with van der Waals surface area (Å²) in [6, 6.07) is 0.